The molecule has 0 bridgehead atoms. The molecule has 20 heavy (non-hydrogen) atoms. The molecule has 0 aliphatic carbocycles. The number of hydrogen-bond acceptors (Lipinski definition) is 5. The summed E-state index contributed by atoms with van der Waals surface area (Å²) < 4.78 is 24.9. The Labute approximate surface area is 125 Å². The zero-order valence-electron chi connectivity index (χ0n) is 12.2. The molecule has 7 heteroatoms. The molecular formula is C13H23N3O2S2. The van der Waals surface area contributed by atoms with Crippen molar-refractivity contribution in [1.29, 1.82) is 0 Å². The molecule has 1 fully saturated rings. The maximum atomic E-state index is 11.8. The Kier molecular flexibility index (Phi) is 5.54. The lowest BCUT2D eigenvalue weighted by atomic mass is 10.0. The van der Waals surface area contributed by atoms with Gasteiger partial charge >= 0.3 is 0 Å². The van der Waals surface area contributed by atoms with Crippen molar-refractivity contribution in [3.8, 4) is 0 Å². The van der Waals surface area contributed by atoms with Crippen LogP contribution in [-0.4, -0.2) is 55.5 Å². The lowest BCUT2D eigenvalue weighted by Crippen LogP contribution is -2.35. The van der Waals surface area contributed by atoms with Gasteiger partial charge in [-0.15, -0.1) is 11.3 Å². The molecule has 0 aromatic carbocycles. The lowest BCUT2D eigenvalue weighted by Gasteiger charge is -2.34. The number of thiazole rings is 1. The monoisotopic (exact) mass is 317 g/mol. The number of rotatable bonds is 6. The average molecular weight is 317 g/mol. The summed E-state index contributed by atoms with van der Waals surface area (Å²) in [4.78, 5) is 6.82. The van der Waals surface area contributed by atoms with Crippen LogP contribution in [0.3, 0.4) is 0 Å². The molecule has 0 N–H and O–H groups in total. The van der Waals surface area contributed by atoms with E-state index in [4.69, 9.17) is 0 Å². The summed E-state index contributed by atoms with van der Waals surface area (Å²) >= 11 is 1.70. The third-order valence-electron chi connectivity index (χ3n) is 3.75. The Hall–Kier alpha value is -0.500. The van der Waals surface area contributed by atoms with Crippen molar-refractivity contribution in [2.45, 2.75) is 31.7 Å². The Balaban J connectivity index is 1.90. The smallest absolute Gasteiger partial charge is 0.213 e. The van der Waals surface area contributed by atoms with E-state index in [1.165, 1.54) is 22.2 Å². The Bertz CT molecular complexity index is 500. The van der Waals surface area contributed by atoms with Gasteiger partial charge in [0.25, 0.3) is 0 Å². The third kappa shape index (κ3) is 4.00. The molecule has 0 saturated carbocycles. The highest BCUT2D eigenvalue weighted by atomic mass is 32.2. The van der Waals surface area contributed by atoms with Crippen molar-refractivity contribution < 1.29 is 8.42 Å². The second-order valence-electron chi connectivity index (χ2n) is 5.37. The fourth-order valence-corrected chi connectivity index (χ4v) is 4.24. The van der Waals surface area contributed by atoms with E-state index in [9.17, 15) is 8.42 Å². The first-order valence-corrected chi connectivity index (χ1v) is 9.53. The molecule has 1 aromatic heterocycles. The average Bonchev–Trinajstić information content (AvgIpc) is 2.92. The molecule has 1 aliphatic rings. The molecule has 1 aliphatic heterocycles. The van der Waals surface area contributed by atoms with Crippen LogP contribution in [0.25, 0.3) is 0 Å². The molecule has 2 heterocycles. The van der Waals surface area contributed by atoms with E-state index in [1.807, 2.05) is 11.6 Å². The second-order valence-corrected chi connectivity index (χ2v) is 8.60. The molecule has 114 valence electrons. The van der Waals surface area contributed by atoms with E-state index in [2.05, 4.69) is 9.88 Å². The molecule has 0 spiro atoms. The van der Waals surface area contributed by atoms with Gasteiger partial charge in [-0.3, -0.25) is 4.90 Å². The third-order valence-corrected chi connectivity index (χ3v) is 6.55. The van der Waals surface area contributed by atoms with Crippen LogP contribution >= 0.6 is 11.3 Å². The minimum atomic E-state index is -3.08. The highest BCUT2D eigenvalue weighted by Gasteiger charge is 2.26. The summed E-state index contributed by atoms with van der Waals surface area (Å²) in [6.07, 6.45) is 6.10. The normalized spacial score (nSPS) is 21.4. The first-order chi connectivity index (χ1) is 9.50. The van der Waals surface area contributed by atoms with Crippen LogP contribution in [0.15, 0.2) is 11.6 Å². The first kappa shape index (κ1) is 15.9. The van der Waals surface area contributed by atoms with Crippen LogP contribution in [-0.2, 0) is 10.0 Å². The maximum Gasteiger partial charge on any atom is 0.213 e. The Morgan fingerprint density at radius 1 is 1.45 bits per heavy atom. The number of hydrogen-bond donors (Lipinski definition) is 0. The summed E-state index contributed by atoms with van der Waals surface area (Å²) in [5.74, 6) is 0.223. The van der Waals surface area contributed by atoms with Crippen molar-refractivity contribution in [2.24, 2.45) is 0 Å². The summed E-state index contributed by atoms with van der Waals surface area (Å²) in [6, 6.07) is 0.380. The van der Waals surface area contributed by atoms with Crippen molar-refractivity contribution in [3.05, 3.63) is 16.6 Å². The number of sulfonamides is 1. The fourth-order valence-electron chi connectivity index (χ4n) is 2.57. The van der Waals surface area contributed by atoms with E-state index in [0.29, 0.717) is 12.5 Å². The zero-order chi connectivity index (χ0) is 14.6. The van der Waals surface area contributed by atoms with Gasteiger partial charge in [0.05, 0.1) is 11.8 Å². The molecule has 5 nitrogen and oxygen atoms in total. The van der Waals surface area contributed by atoms with Gasteiger partial charge in [0.15, 0.2) is 0 Å². The van der Waals surface area contributed by atoms with Crippen molar-refractivity contribution in [1.82, 2.24) is 14.2 Å². The number of aromatic nitrogens is 1. The topological polar surface area (TPSA) is 53.5 Å². The molecule has 0 radical (unpaired) electrons. The van der Waals surface area contributed by atoms with Crippen LogP contribution in [0.1, 0.15) is 36.7 Å². The quantitative estimate of drug-likeness (QED) is 0.805. The minimum absolute atomic E-state index is 0.223. The summed E-state index contributed by atoms with van der Waals surface area (Å²) in [5.41, 5.74) is 0. The van der Waals surface area contributed by atoms with Crippen molar-refractivity contribution in [3.63, 3.8) is 0 Å². The van der Waals surface area contributed by atoms with E-state index in [-0.39, 0.29) is 5.75 Å². The SMILES string of the molecule is CN(C)S(=O)(=O)CCCN1CCCC[C@H]1c1nccs1. The predicted molar refractivity (Wildman–Crippen MR) is 82.4 cm³/mol. The molecule has 1 aromatic rings. The highest BCUT2D eigenvalue weighted by Crippen LogP contribution is 2.31. The Morgan fingerprint density at radius 2 is 2.25 bits per heavy atom. The van der Waals surface area contributed by atoms with Crippen LogP contribution in [0, 0.1) is 0 Å². The minimum Gasteiger partial charge on any atom is -0.294 e. The standard InChI is InChI=1S/C13H23N3O2S2/c1-15(2)20(17,18)11-5-9-16-8-4-3-6-12(16)13-14-7-10-19-13/h7,10,12H,3-6,8-9,11H2,1-2H3/t12-/m0/s1. The van der Waals surface area contributed by atoms with Crippen molar-refractivity contribution >= 4 is 21.4 Å². The predicted octanol–water partition coefficient (Wildman–Crippen LogP) is 1.95. The molecule has 1 saturated heterocycles. The summed E-state index contributed by atoms with van der Waals surface area (Å²) in [6.45, 7) is 1.88. The van der Waals surface area contributed by atoms with E-state index >= 15 is 0 Å². The molecule has 0 unspecified atom stereocenters. The van der Waals surface area contributed by atoms with Crippen LogP contribution in [0.2, 0.25) is 0 Å². The molecule has 2 rings (SSSR count). The van der Waals surface area contributed by atoms with Crippen molar-refractivity contribution in [2.75, 3.05) is 32.9 Å². The van der Waals surface area contributed by atoms with Gasteiger partial charge in [-0.1, -0.05) is 6.42 Å². The van der Waals surface area contributed by atoms with Gasteiger partial charge in [-0.2, -0.15) is 0 Å². The van der Waals surface area contributed by atoms with Gasteiger partial charge in [-0.05, 0) is 32.4 Å². The fraction of sp³-hybridized carbons (Fsp3) is 0.769. The second kappa shape index (κ2) is 6.98. The molecular weight excluding hydrogens is 294 g/mol. The van der Waals surface area contributed by atoms with E-state index in [1.54, 1.807) is 25.4 Å². The highest BCUT2D eigenvalue weighted by molar-refractivity contribution is 7.89. The van der Waals surface area contributed by atoms with Gasteiger partial charge in [0.1, 0.15) is 5.01 Å². The number of piperidine rings is 1. The largest absolute Gasteiger partial charge is 0.294 e. The van der Waals surface area contributed by atoms with Gasteiger partial charge in [-0.25, -0.2) is 17.7 Å². The molecule has 0 amide bonds. The van der Waals surface area contributed by atoms with Gasteiger partial charge < -0.3 is 0 Å². The number of likely N-dealkylation sites (tertiary alicyclic amines) is 1. The summed E-state index contributed by atoms with van der Waals surface area (Å²) in [5, 5.41) is 3.18. The van der Waals surface area contributed by atoms with Gasteiger partial charge in [0.2, 0.25) is 10.0 Å². The Morgan fingerprint density at radius 3 is 2.90 bits per heavy atom. The maximum absolute atomic E-state index is 11.8. The number of nitrogens with zero attached hydrogens (tertiary/aromatic N) is 3. The summed E-state index contributed by atoms with van der Waals surface area (Å²) in [7, 11) is 0.107. The lowest BCUT2D eigenvalue weighted by molar-refractivity contribution is 0.149. The van der Waals surface area contributed by atoms with Crippen LogP contribution in [0.5, 0.6) is 0 Å². The van der Waals surface area contributed by atoms with E-state index < -0.39 is 10.0 Å². The zero-order valence-corrected chi connectivity index (χ0v) is 13.8. The van der Waals surface area contributed by atoms with E-state index in [0.717, 1.165) is 19.5 Å². The van der Waals surface area contributed by atoms with Crippen LogP contribution in [0.4, 0.5) is 0 Å². The van der Waals surface area contributed by atoms with Crippen LogP contribution < -0.4 is 0 Å². The van der Waals surface area contributed by atoms with Gasteiger partial charge in [0, 0.05) is 25.7 Å². The first-order valence-electron chi connectivity index (χ1n) is 7.04. The molecule has 1 atom stereocenters.